The zero-order chi connectivity index (χ0) is 11.6. The normalized spacial score (nSPS) is 31.7. The van der Waals surface area contributed by atoms with Crippen LogP contribution in [-0.4, -0.2) is 39.4 Å². The van der Waals surface area contributed by atoms with Crippen LogP contribution in [0.2, 0.25) is 0 Å². The predicted molar refractivity (Wildman–Crippen MR) is 51.4 cm³/mol. The zero-order valence-corrected chi connectivity index (χ0v) is 9.38. The predicted octanol–water partition coefficient (Wildman–Crippen LogP) is -0.175. The van der Waals surface area contributed by atoms with Gasteiger partial charge in [-0.15, -0.1) is 0 Å². The van der Waals surface area contributed by atoms with Gasteiger partial charge >= 0.3 is 0 Å². The van der Waals surface area contributed by atoms with Gasteiger partial charge in [-0.05, 0) is 6.42 Å². The first-order valence-electron chi connectivity index (χ1n) is 4.64. The van der Waals surface area contributed by atoms with E-state index in [1.807, 2.05) is 0 Å². The molecular weight excluding hydrogens is 225 g/mol. The second-order valence-electron chi connectivity index (χ2n) is 3.58. The van der Waals surface area contributed by atoms with Crippen molar-refractivity contribution >= 4 is 16.0 Å². The first kappa shape index (κ1) is 12.4. The number of amides is 1. The number of halogens is 1. The van der Waals surface area contributed by atoms with Crippen molar-refractivity contribution in [2.24, 2.45) is 5.92 Å². The van der Waals surface area contributed by atoms with Crippen molar-refractivity contribution in [2.45, 2.75) is 25.6 Å². The minimum atomic E-state index is -3.55. The Morgan fingerprint density at radius 3 is 2.60 bits per heavy atom. The maximum atomic E-state index is 13.2. The van der Waals surface area contributed by atoms with Gasteiger partial charge in [0.25, 0.3) is 16.0 Å². The molecule has 0 aromatic heterocycles. The Morgan fingerprint density at radius 1 is 1.53 bits per heavy atom. The van der Waals surface area contributed by atoms with Crippen molar-refractivity contribution in [3.05, 3.63) is 0 Å². The molecule has 1 N–H and O–H groups in total. The number of nitrogens with one attached hydrogen (secondary N) is 1. The number of hydrogen-bond acceptors (Lipinski definition) is 4. The molecule has 0 radical (unpaired) electrons. The summed E-state index contributed by atoms with van der Waals surface area (Å²) in [5.74, 6) is -1.21. The second kappa shape index (κ2) is 4.44. The van der Waals surface area contributed by atoms with Crippen LogP contribution in [0.25, 0.3) is 0 Å². The molecule has 0 aliphatic carbocycles. The van der Waals surface area contributed by atoms with E-state index in [1.165, 1.54) is 0 Å². The average Bonchev–Trinajstić information content (AvgIpc) is 2.38. The average molecular weight is 239 g/mol. The SMILES string of the molecule is CCC1C(COS(C)(=O)=O)NC(=O)C1F. The molecule has 1 fully saturated rings. The summed E-state index contributed by atoms with van der Waals surface area (Å²) in [6, 6.07) is -0.563. The quantitative estimate of drug-likeness (QED) is 0.691. The molecule has 1 saturated heterocycles. The largest absolute Gasteiger partial charge is 0.348 e. The summed E-state index contributed by atoms with van der Waals surface area (Å²) in [5.41, 5.74) is 0. The summed E-state index contributed by atoms with van der Waals surface area (Å²) >= 11 is 0. The lowest BCUT2D eigenvalue weighted by Gasteiger charge is -2.16. The lowest BCUT2D eigenvalue weighted by atomic mass is 9.97. The molecule has 1 amide bonds. The van der Waals surface area contributed by atoms with E-state index in [0.29, 0.717) is 6.42 Å². The third-order valence-electron chi connectivity index (χ3n) is 2.40. The van der Waals surface area contributed by atoms with E-state index in [-0.39, 0.29) is 6.61 Å². The van der Waals surface area contributed by atoms with Crippen molar-refractivity contribution in [3.63, 3.8) is 0 Å². The van der Waals surface area contributed by atoms with E-state index in [4.69, 9.17) is 0 Å². The Kier molecular flexibility index (Phi) is 3.67. The highest BCUT2D eigenvalue weighted by molar-refractivity contribution is 7.85. The van der Waals surface area contributed by atoms with Gasteiger partial charge in [0.2, 0.25) is 0 Å². The van der Waals surface area contributed by atoms with Crippen LogP contribution in [-0.2, 0) is 19.1 Å². The fourth-order valence-corrected chi connectivity index (χ4v) is 2.02. The van der Waals surface area contributed by atoms with Crippen LogP contribution in [0, 0.1) is 5.92 Å². The zero-order valence-electron chi connectivity index (χ0n) is 8.57. The van der Waals surface area contributed by atoms with E-state index in [2.05, 4.69) is 9.50 Å². The van der Waals surface area contributed by atoms with Crippen LogP contribution in [0.5, 0.6) is 0 Å². The topological polar surface area (TPSA) is 72.5 Å². The van der Waals surface area contributed by atoms with Gasteiger partial charge in [0, 0.05) is 5.92 Å². The molecular formula is C8H14FNO4S. The van der Waals surface area contributed by atoms with Crippen molar-refractivity contribution in [2.75, 3.05) is 12.9 Å². The molecule has 3 atom stereocenters. The maximum absolute atomic E-state index is 13.2. The Morgan fingerprint density at radius 2 is 2.13 bits per heavy atom. The van der Waals surface area contributed by atoms with Gasteiger partial charge in [0.1, 0.15) is 0 Å². The van der Waals surface area contributed by atoms with Crippen LogP contribution in [0.15, 0.2) is 0 Å². The van der Waals surface area contributed by atoms with Gasteiger partial charge in [-0.3, -0.25) is 8.98 Å². The molecule has 88 valence electrons. The third-order valence-corrected chi connectivity index (χ3v) is 2.97. The first-order valence-corrected chi connectivity index (χ1v) is 6.45. The van der Waals surface area contributed by atoms with Crippen LogP contribution >= 0.6 is 0 Å². The van der Waals surface area contributed by atoms with Crippen LogP contribution in [0.3, 0.4) is 0 Å². The van der Waals surface area contributed by atoms with Crippen LogP contribution < -0.4 is 5.32 Å². The molecule has 1 aliphatic rings. The van der Waals surface area contributed by atoms with Gasteiger partial charge in [0.15, 0.2) is 6.17 Å². The highest BCUT2D eigenvalue weighted by Gasteiger charge is 2.41. The third kappa shape index (κ3) is 3.13. The molecule has 3 unspecified atom stereocenters. The lowest BCUT2D eigenvalue weighted by Crippen LogP contribution is -2.34. The molecule has 0 bridgehead atoms. The van der Waals surface area contributed by atoms with Gasteiger partial charge in [-0.2, -0.15) is 8.42 Å². The second-order valence-corrected chi connectivity index (χ2v) is 5.22. The summed E-state index contributed by atoms with van der Waals surface area (Å²) in [5, 5.41) is 2.37. The molecule has 1 rings (SSSR count). The molecule has 0 saturated carbocycles. The number of alkyl halides is 1. The summed E-state index contributed by atoms with van der Waals surface area (Å²) in [4.78, 5) is 11.0. The van der Waals surface area contributed by atoms with E-state index in [0.717, 1.165) is 6.26 Å². The molecule has 0 aromatic rings. The summed E-state index contributed by atoms with van der Waals surface area (Å²) < 4.78 is 39.2. The molecule has 1 heterocycles. The standard InChI is InChI=1S/C8H14FNO4S/c1-3-5-6(4-14-15(2,12)13)10-8(11)7(5)9/h5-7H,3-4H2,1-2H3,(H,10,11). The van der Waals surface area contributed by atoms with E-state index >= 15 is 0 Å². The van der Waals surface area contributed by atoms with E-state index < -0.39 is 34.2 Å². The summed E-state index contributed by atoms with van der Waals surface area (Å²) in [6.45, 7) is 1.54. The monoisotopic (exact) mass is 239 g/mol. The molecule has 0 aromatic carbocycles. The molecule has 15 heavy (non-hydrogen) atoms. The Balaban J connectivity index is 2.59. The number of carbonyl (C=O) groups is 1. The Bertz CT molecular complexity index is 343. The van der Waals surface area contributed by atoms with E-state index in [9.17, 15) is 17.6 Å². The smallest absolute Gasteiger partial charge is 0.264 e. The number of rotatable bonds is 4. The van der Waals surface area contributed by atoms with Crippen LogP contribution in [0.4, 0.5) is 4.39 Å². The molecule has 1 aliphatic heterocycles. The molecule has 7 heteroatoms. The summed E-state index contributed by atoms with van der Waals surface area (Å²) in [7, 11) is -3.55. The Hall–Kier alpha value is -0.690. The molecule has 5 nitrogen and oxygen atoms in total. The minimum Gasteiger partial charge on any atom is -0.348 e. The van der Waals surface area contributed by atoms with Gasteiger partial charge < -0.3 is 5.32 Å². The van der Waals surface area contributed by atoms with Gasteiger partial charge in [0.05, 0.1) is 18.9 Å². The van der Waals surface area contributed by atoms with Crippen LogP contribution in [0.1, 0.15) is 13.3 Å². The summed E-state index contributed by atoms with van der Waals surface area (Å²) in [6.07, 6.45) is -0.196. The number of carbonyl (C=O) groups excluding carboxylic acids is 1. The first-order chi connectivity index (χ1) is 6.85. The highest BCUT2D eigenvalue weighted by Crippen LogP contribution is 2.23. The number of hydrogen-bond donors (Lipinski definition) is 1. The lowest BCUT2D eigenvalue weighted by molar-refractivity contribution is -0.123. The van der Waals surface area contributed by atoms with Crippen molar-refractivity contribution in [3.8, 4) is 0 Å². The van der Waals surface area contributed by atoms with Crippen molar-refractivity contribution in [1.29, 1.82) is 0 Å². The Labute approximate surface area is 88.1 Å². The highest BCUT2D eigenvalue weighted by atomic mass is 32.2. The van der Waals surface area contributed by atoms with Gasteiger partial charge in [-0.1, -0.05) is 6.92 Å². The van der Waals surface area contributed by atoms with Gasteiger partial charge in [-0.25, -0.2) is 4.39 Å². The van der Waals surface area contributed by atoms with E-state index in [1.54, 1.807) is 6.92 Å². The fraction of sp³-hybridized carbons (Fsp3) is 0.875. The molecule has 0 spiro atoms. The van der Waals surface area contributed by atoms with Crippen molar-refractivity contribution < 1.29 is 21.8 Å². The van der Waals surface area contributed by atoms with Crippen molar-refractivity contribution in [1.82, 2.24) is 5.32 Å². The minimum absolute atomic E-state index is 0.205. The maximum Gasteiger partial charge on any atom is 0.264 e. The fourth-order valence-electron chi connectivity index (χ4n) is 1.62.